The van der Waals surface area contributed by atoms with Crippen LogP contribution in [0.4, 0.5) is 0 Å². The molecule has 0 atom stereocenters. The fourth-order valence-electron chi connectivity index (χ4n) is 1.28. The van der Waals surface area contributed by atoms with Gasteiger partial charge in [-0.2, -0.15) is 0 Å². The molecule has 13 heavy (non-hydrogen) atoms. The van der Waals surface area contributed by atoms with E-state index in [2.05, 4.69) is 0 Å². The second kappa shape index (κ2) is 2.94. The number of hydrogen-bond acceptors (Lipinski definition) is 2. The van der Waals surface area contributed by atoms with Crippen LogP contribution in [0.5, 0.6) is 0 Å². The number of fused-ring (bicyclic) bond motifs is 1. The summed E-state index contributed by atoms with van der Waals surface area (Å²) in [7, 11) is 0. The van der Waals surface area contributed by atoms with Crippen molar-refractivity contribution in [3.8, 4) is 0 Å². The van der Waals surface area contributed by atoms with E-state index >= 15 is 0 Å². The second-order valence-electron chi connectivity index (χ2n) is 2.85. The lowest BCUT2D eigenvalue weighted by atomic mass is 10.2. The van der Waals surface area contributed by atoms with Crippen molar-refractivity contribution in [3.63, 3.8) is 0 Å². The van der Waals surface area contributed by atoms with E-state index in [9.17, 15) is 4.79 Å². The number of furan rings is 1. The molecule has 0 saturated carbocycles. The van der Waals surface area contributed by atoms with Gasteiger partial charge >= 0.3 is 0 Å². The summed E-state index contributed by atoms with van der Waals surface area (Å²) in [4.78, 5) is 10.5. The standard InChI is InChI=1S/C10H8NO2/c11-10(12)6-8-5-7-3-1-2-4-9(7)13-8/h1-5,11H,6H2. The van der Waals surface area contributed by atoms with Gasteiger partial charge in [0.1, 0.15) is 11.3 Å². The Labute approximate surface area is 75.1 Å². The largest absolute Gasteiger partial charge is 0.461 e. The highest BCUT2D eigenvalue weighted by Crippen LogP contribution is 2.18. The van der Waals surface area contributed by atoms with E-state index in [1.165, 1.54) is 0 Å². The summed E-state index contributed by atoms with van der Waals surface area (Å²) in [5, 5.41) is 0.971. The Morgan fingerprint density at radius 3 is 2.85 bits per heavy atom. The van der Waals surface area contributed by atoms with Gasteiger partial charge in [-0.3, -0.25) is 10.5 Å². The first-order valence-electron chi connectivity index (χ1n) is 3.97. The van der Waals surface area contributed by atoms with Crippen LogP contribution >= 0.6 is 0 Å². The van der Waals surface area contributed by atoms with Gasteiger partial charge in [0, 0.05) is 5.39 Å². The minimum absolute atomic E-state index is 0.0503. The molecule has 0 aliphatic rings. The van der Waals surface area contributed by atoms with Crippen LogP contribution in [0.25, 0.3) is 11.0 Å². The van der Waals surface area contributed by atoms with Crippen LogP contribution < -0.4 is 5.73 Å². The number of nitrogens with one attached hydrogen (secondary N) is 1. The van der Waals surface area contributed by atoms with Crippen molar-refractivity contribution >= 4 is 16.9 Å². The zero-order chi connectivity index (χ0) is 9.26. The lowest BCUT2D eigenvalue weighted by molar-refractivity contribution is -0.118. The van der Waals surface area contributed by atoms with Gasteiger partial charge in [-0.1, -0.05) is 18.2 Å². The maximum absolute atomic E-state index is 10.5. The van der Waals surface area contributed by atoms with Gasteiger partial charge in [-0.25, -0.2) is 0 Å². The normalized spacial score (nSPS) is 10.5. The summed E-state index contributed by atoms with van der Waals surface area (Å²) in [6.07, 6.45) is 0.0503. The molecule has 0 aliphatic carbocycles. The Morgan fingerprint density at radius 2 is 2.15 bits per heavy atom. The van der Waals surface area contributed by atoms with Crippen LogP contribution in [0.1, 0.15) is 5.76 Å². The molecule has 1 amide bonds. The van der Waals surface area contributed by atoms with Gasteiger partial charge in [0.15, 0.2) is 0 Å². The van der Waals surface area contributed by atoms with Crippen molar-refractivity contribution in [2.45, 2.75) is 6.42 Å². The lowest BCUT2D eigenvalue weighted by Crippen LogP contribution is -2.00. The highest BCUT2D eigenvalue weighted by Gasteiger charge is 2.05. The van der Waals surface area contributed by atoms with Crippen LogP contribution in [0, 0.1) is 0 Å². The first-order valence-corrected chi connectivity index (χ1v) is 3.97. The van der Waals surface area contributed by atoms with Crippen LogP contribution in [-0.2, 0) is 11.2 Å². The Balaban J connectivity index is 2.44. The molecule has 0 saturated heterocycles. The van der Waals surface area contributed by atoms with E-state index < -0.39 is 5.91 Å². The molecule has 2 rings (SSSR count). The fourth-order valence-corrected chi connectivity index (χ4v) is 1.28. The maximum atomic E-state index is 10.5. The minimum atomic E-state index is -0.626. The molecule has 3 heteroatoms. The molecular formula is C10H8NO2. The van der Waals surface area contributed by atoms with Gasteiger partial charge in [-0.15, -0.1) is 0 Å². The summed E-state index contributed by atoms with van der Waals surface area (Å²) in [6.45, 7) is 0. The van der Waals surface area contributed by atoms with E-state index in [0.29, 0.717) is 5.76 Å². The zero-order valence-electron chi connectivity index (χ0n) is 6.91. The van der Waals surface area contributed by atoms with Crippen LogP contribution in [0.2, 0.25) is 0 Å². The van der Waals surface area contributed by atoms with E-state index in [1.54, 1.807) is 6.07 Å². The van der Waals surface area contributed by atoms with Crippen molar-refractivity contribution in [1.82, 2.24) is 5.73 Å². The van der Waals surface area contributed by atoms with Crippen LogP contribution in [0.15, 0.2) is 34.7 Å². The molecule has 1 aromatic heterocycles. The van der Waals surface area contributed by atoms with E-state index in [0.717, 1.165) is 11.0 Å². The highest BCUT2D eigenvalue weighted by atomic mass is 16.3. The number of para-hydroxylation sites is 1. The topological polar surface area (TPSA) is 54.0 Å². The van der Waals surface area contributed by atoms with Crippen molar-refractivity contribution < 1.29 is 9.21 Å². The molecule has 0 fully saturated rings. The molecule has 1 N–H and O–H groups in total. The first-order chi connectivity index (χ1) is 6.25. The molecule has 0 aliphatic heterocycles. The number of hydrogen-bond donors (Lipinski definition) is 0. The third-order valence-electron chi connectivity index (χ3n) is 1.81. The number of rotatable bonds is 2. The lowest BCUT2D eigenvalue weighted by Gasteiger charge is -1.86. The molecular weight excluding hydrogens is 166 g/mol. The predicted octanol–water partition coefficient (Wildman–Crippen LogP) is 1.78. The highest BCUT2D eigenvalue weighted by molar-refractivity contribution is 5.81. The summed E-state index contributed by atoms with van der Waals surface area (Å²) in [5.74, 6) is -0.0692. The third-order valence-corrected chi connectivity index (χ3v) is 1.81. The minimum Gasteiger partial charge on any atom is -0.461 e. The molecule has 2 aromatic rings. The molecule has 1 aromatic carbocycles. The quantitative estimate of drug-likeness (QED) is 0.696. The predicted molar refractivity (Wildman–Crippen MR) is 48.0 cm³/mol. The Bertz CT molecular complexity index is 412. The number of amides is 1. The van der Waals surface area contributed by atoms with Crippen molar-refractivity contribution in [2.75, 3.05) is 0 Å². The van der Waals surface area contributed by atoms with E-state index in [4.69, 9.17) is 10.2 Å². The second-order valence-corrected chi connectivity index (χ2v) is 2.85. The molecule has 3 nitrogen and oxygen atoms in total. The van der Waals surface area contributed by atoms with Crippen LogP contribution in [-0.4, -0.2) is 5.91 Å². The fraction of sp³-hybridized carbons (Fsp3) is 0.100. The van der Waals surface area contributed by atoms with Gasteiger partial charge in [0.05, 0.1) is 6.42 Å². The molecule has 65 valence electrons. The Kier molecular flexibility index (Phi) is 1.77. The monoisotopic (exact) mass is 174 g/mol. The average Bonchev–Trinajstić information content (AvgIpc) is 2.44. The third kappa shape index (κ3) is 1.54. The summed E-state index contributed by atoms with van der Waals surface area (Å²) >= 11 is 0. The summed E-state index contributed by atoms with van der Waals surface area (Å²) in [5.41, 5.74) is 7.55. The van der Waals surface area contributed by atoms with Crippen molar-refractivity contribution in [2.24, 2.45) is 0 Å². The number of benzene rings is 1. The van der Waals surface area contributed by atoms with Gasteiger partial charge in [-0.05, 0) is 12.1 Å². The number of carbonyl (C=O) groups excluding carboxylic acids is 1. The molecule has 0 unspecified atom stereocenters. The summed E-state index contributed by atoms with van der Waals surface area (Å²) < 4.78 is 5.34. The number of carbonyl (C=O) groups is 1. The van der Waals surface area contributed by atoms with Crippen LogP contribution in [0.3, 0.4) is 0 Å². The SMILES string of the molecule is [NH]C(=O)Cc1cc2ccccc2o1. The van der Waals surface area contributed by atoms with Crippen molar-refractivity contribution in [1.29, 1.82) is 0 Å². The van der Waals surface area contributed by atoms with Crippen molar-refractivity contribution in [3.05, 3.63) is 36.1 Å². The van der Waals surface area contributed by atoms with E-state index in [1.807, 2.05) is 24.3 Å². The van der Waals surface area contributed by atoms with Gasteiger partial charge < -0.3 is 4.42 Å². The smallest absolute Gasteiger partial charge is 0.246 e. The summed E-state index contributed by atoms with van der Waals surface area (Å²) in [6, 6.07) is 9.33. The van der Waals surface area contributed by atoms with E-state index in [-0.39, 0.29) is 6.42 Å². The molecule has 0 spiro atoms. The first kappa shape index (κ1) is 7.86. The zero-order valence-corrected chi connectivity index (χ0v) is 6.91. The van der Waals surface area contributed by atoms with Gasteiger partial charge in [0.2, 0.25) is 5.91 Å². The average molecular weight is 174 g/mol. The Morgan fingerprint density at radius 1 is 1.38 bits per heavy atom. The Hall–Kier alpha value is -1.77. The van der Waals surface area contributed by atoms with Gasteiger partial charge in [0.25, 0.3) is 0 Å². The molecule has 1 radical (unpaired) electrons. The molecule has 1 heterocycles. The maximum Gasteiger partial charge on any atom is 0.246 e. The molecule has 0 bridgehead atoms.